The van der Waals surface area contributed by atoms with Gasteiger partial charge in [-0.05, 0) is 58.7 Å². The number of aliphatic hydroxyl groups is 2. The van der Waals surface area contributed by atoms with Gasteiger partial charge in [0, 0.05) is 80.3 Å². The molecule has 5 aliphatic rings. The Labute approximate surface area is 375 Å². The number of carbonyl (C=O) groups excluding carboxylic acids is 3. The molecule has 9 atom stereocenters. The summed E-state index contributed by atoms with van der Waals surface area (Å²) in [5, 5.41) is 67.7. The number of hydrogen-bond donors (Lipinski definition) is 6. The van der Waals surface area contributed by atoms with Gasteiger partial charge in [0.2, 0.25) is 0 Å². The van der Waals surface area contributed by atoms with Crippen molar-refractivity contribution in [2.24, 2.45) is 28.8 Å². The minimum atomic E-state index is -2.04. The lowest BCUT2D eigenvalue weighted by Gasteiger charge is -2.39. The maximum Gasteiger partial charge on any atom is 0.312 e. The molecule has 0 aromatic heterocycles. The summed E-state index contributed by atoms with van der Waals surface area (Å²) >= 11 is 0. The molecule has 0 radical (unpaired) electrons. The zero-order chi connectivity index (χ0) is 46.8. The highest BCUT2D eigenvalue weighted by Crippen LogP contribution is 2.55. The van der Waals surface area contributed by atoms with Crippen molar-refractivity contribution in [2.45, 2.75) is 124 Å². The number of phenols is 3. The number of ether oxygens (including phenoxy) is 4. The van der Waals surface area contributed by atoms with Crippen molar-refractivity contribution in [3.05, 3.63) is 52.8 Å². The molecule has 2 fully saturated rings. The predicted octanol–water partition coefficient (Wildman–Crippen LogP) is 6.04. The van der Waals surface area contributed by atoms with Crippen molar-refractivity contribution in [3.63, 3.8) is 0 Å². The number of hydrogen-bond acceptors (Lipinski definition) is 15. The van der Waals surface area contributed by atoms with Crippen LogP contribution in [0.1, 0.15) is 102 Å². The summed E-state index contributed by atoms with van der Waals surface area (Å²) in [6.45, 7) is 16.0. The molecule has 5 heterocycles. The van der Waals surface area contributed by atoms with Crippen molar-refractivity contribution in [3.8, 4) is 23.0 Å². The fraction of sp³-hybridized carbons (Fsp3) is 0.583. The van der Waals surface area contributed by atoms with E-state index < -0.39 is 88.8 Å². The smallest absolute Gasteiger partial charge is 0.312 e. The molecule has 0 unspecified atom stereocenters. The largest absolute Gasteiger partial charge is 0.507 e. The van der Waals surface area contributed by atoms with Crippen molar-refractivity contribution in [1.82, 2.24) is 9.91 Å². The normalized spacial score (nSPS) is 32.2. The molecule has 2 aromatic rings. The molecule has 1 amide bonds. The monoisotopic (exact) mass is 890 g/mol. The highest BCUT2D eigenvalue weighted by atomic mass is 16.7. The van der Waals surface area contributed by atoms with Crippen molar-refractivity contribution >= 4 is 40.3 Å². The lowest BCUT2D eigenvalue weighted by molar-refractivity contribution is -0.160. The van der Waals surface area contributed by atoms with E-state index in [4.69, 9.17) is 24.0 Å². The molecule has 0 spiro atoms. The van der Waals surface area contributed by atoms with Crippen molar-refractivity contribution in [2.75, 3.05) is 38.6 Å². The number of rotatable bonds is 5. The van der Waals surface area contributed by atoms with E-state index >= 15 is 0 Å². The number of benzene rings is 2. The Hall–Kier alpha value is -5.16. The average Bonchev–Trinajstić information content (AvgIpc) is 3.54. The molecule has 2 saturated heterocycles. The Balaban J connectivity index is 1.46. The summed E-state index contributed by atoms with van der Waals surface area (Å²) in [5.74, 6) is -8.27. The van der Waals surface area contributed by atoms with Gasteiger partial charge < -0.3 is 54.7 Å². The van der Waals surface area contributed by atoms with Gasteiger partial charge in [0.25, 0.3) is 11.7 Å². The molecular weight excluding hydrogens is 825 g/mol. The second kappa shape index (κ2) is 19.9. The van der Waals surface area contributed by atoms with Crippen LogP contribution in [-0.4, -0.2) is 129 Å². The summed E-state index contributed by atoms with van der Waals surface area (Å²) in [6.07, 6.45) is 10.4. The van der Waals surface area contributed by atoms with Crippen molar-refractivity contribution in [1.29, 1.82) is 0 Å². The van der Waals surface area contributed by atoms with Crippen molar-refractivity contribution < 1.29 is 58.9 Å². The maximum atomic E-state index is 14.6. The van der Waals surface area contributed by atoms with E-state index in [1.165, 1.54) is 71.8 Å². The second-order valence-electron chi connectivity index (χ2n) is 18.1. The van der Waals surface area contributed by atoms with Gasteiger partial charge in [0.15, 0.2) is 5.75 Å². The first-order valence-electron chi connectivity index (χ1n) is 22.4. The number of likely N-dealkylation sites (tertiary alicyclic amines) is 1. The Bertz CT molecular complexity index is 2210. The van der Waals surface area contributed by atoms with E-state index in [-0.39, 0.29) is 44.5 Å². The first-order valence-corrected chi connectivity index (χ1v) is 22.4. The number of allylic oxidation sites excluding steroid dienone is 2. The highest BCUT2D eigenvalue weighted by Gasteiger charge is 2.50. The van der Waals surface area contributed by atoms with E-state index in [0.29, 0.717) is 19.1 Å². The maximum absolute atomic E-state index is 14.6. The number of Topliss-reactive ketones (excluding diaryl/α,β-unsaturated/α-hetero) is 1. The van der Waals surface area contributed by atoms with E-state index in [1.54, 1.807) is 46.8 Å². The number of amides is 1. The third-order valence-corrected chi connectivity index (χ3v) is 13.7. The van der Waals surface area contributed by atoms with Gasteiger partial charge in [-0.1, -0.05) is 52.3 Å². The van der Waals surface area contributed by atoms with Crippen LogP contribution in [0.15, 0.2) is 41.2 Å². The molecule has 6 N–H and O–H groups in total. The number of methoxy groups -OCH3 is 1. The Morgan fingerprint density at radius 1 is 0.906 bits per heavy atom. The molecular formula is C48H66N4O12. The van der Waals surface area contributed by atoms with Crippen LogP contribution >= 0.6 is 0 Å². The SMILES string of the molecule is CO[C@H]1/C=C/O[C@@]2(C)Oc3c(C)c(O)c4c(O)c(c(/C=N/N5CCC(N6CCCCC6)CC5)c(O)c4c3C2=O)NC(=O)/C(C)=C\C=C\[C@@H](C)[C@H](O)[C@@H](C)[C@H](O)[C@@H](C)[C@H](OC(C)=O)[C@@H]1C. The second-order valence-corrected chi connectivity index (χ2v) is 18.1. The molecule has 2 aromatic carbocycles. The summed E-state index contributed by atoms with van der Waals surface area (Å²) < 4.78 is 23.7. The van der Waals surface area contributed by atoms with Gasteiger partial charge in [0.05, 0.1) is 53.0 Å². The minimum absolute atomic E-state index is 0.0644. The van der Waals surface area contributed by atoms with Crippen LogP contribution in [0, 0.1) is 30.6 Å². The summed E-state index contributed by atoms with van der Waals surface area (Å²) in [4.78, 5) is 43.4. The number of aromatic hydroxyl groups is 3. The minimum Gasteiger partial charge on any atom is -0.507 e. The fourth-order valence-corrected chi connectivity index (χ4v) is 9.63. The van der Waals surface area contributed by atoms with Crippen LogP contribution in [0.2, 0.25) is 0 Å². The molecule has 16 heteroatoms. The molecule has 64 heavy (non-hydrogen) atoms. The lowest BCUT2D eigenvalue weighted by Crippen LogP contribution is -2.46. The van der Waals surface area contributed by atoms with Crippen LogP contribution in [-0.2, 0) is 23.8 Å². The first-order chi connectivity index (χ1) is 30.3. The molecule has 7 rings (SSSR count). The van der Waals surface area contributed by atoms with Crippen LogP contribution in [0.5, 0.6) is 23.0 Å². The molecule has 16 nitrogen and oxygen atoms in total. The number of fused-ring (bicyclic) bond motifs is 14. The van der Waals surface area contributed by atoms with Crippen LogP contribution in [0.4, 0.5) is 5.69 Å². The first kappa shape index (κ1) is 48.3. The molecule has 5 aliphatic heterocycles. The number of esters is 1. The fourth-order valence-electron chi connectivity index (χ4n) is 9.63. The molecule has 0 saturated carbocycles. The number of phenolic OH excluding ortho intramolecular Hbond substituents is 3. The summed E-state index contributed by atoms with van der Waals surface area (Å²) in [5.41, 5.74) is -0.280. The zero-order valence-corrected chi connectivity index (χ0v) is 38.5. The van der Waals surface area contributed by atoms with E-state index in [0.717, 1.165) is 25.9 Å². The number of piperidine rings is 2. The number of nitrogens with zero attached hydrogens (tertiary/aromatic N) is 3. The summed E-state index contributed by atoms with van der Waals surface area (Å²) in [6, 6.07) is 0.442. The van der Waals surface area contributed by atoms with Crippen LogP contribution in [0.25, 0.3) is 10.8 Å². The number of ketones is 1. The van der Waals surface area contributed by atoms with Crippen LogP contribution in [0.3, 0.4) is 0 Å². The number of carbonyl (C=O) groups is 3. The third kappa shape index (κ3) is 9.60. The zero-order valence-electron chi connectivity index (χ0n) is 38.5. The van der Waals surface area contributed by atoms with E-state index in [1.807, 2.05) is 5.01 Å². The van der Waals surface area contributed by atoms with Gasteiger partial charge in [-0.15, -0.1) is 0 Å². The Morgan fingerprint density at radius 2 is 1.58 bits per heavy atom. The molecule has 0 aliphatic carbocycles. The Morgan fingerprint density at radius 3 is 2.22 bits per heavy atom. The van der Waals surface area contributed by atoms with Gasteiger partial charge in [-0.2, -0.15) is 5.10 Å². The van der Waals surface area contributed by atoms with E-state index in [9.17, 15) is 39.9 Å². The number of nitrogens with one attached hydrogen (secondary N) is 1. The van der Waals surface area contributed by atoms with Gasteiger partial charge >= 0.3 is 11.8 Å². The van der Waals surface area contributed by atoms with E-state index in [2.05, 4.69) is 10.2 Å². The topological polar surface area (TPSA) is 220 Å². The number of anilines is 1. The Kier molecular flexibility index (Phi) is 15.0. The quantitative estimate of drug-likeness (QED) is 0.0873. The third-order valence-electron chi connectivity index (χ3n) is 13.7. The number of hydrazone groups is 1. The van der Waals surface area contributed by atoms with Gasteiger partial charge in [0.1, 0.15) is 23.4 Å². The lowest BCUT2D eigenvalue weighted by atomic mass is 9.78. The summed E-state index contributed by atoms with van der Waals surface area (Å²) in [7, 11) is 1.44. The average molecular weight is 891 g/mol. The highest BCUT2D eigenvalue weighted by molar-refractivity contribution is 6.23. The predicted molar refractivity (Wildman–Crippen MR) is 241 cm³/mol. The standard InChI is InChI=1S/C48H66N4O12/c1-25-14-13-15-26(2)47(60)50-38-33(24-49-52-21-16-32(17-22-52)51-19-11-10-12-20-51)42(57)35-36(43(38)58)41(56)30(6)45-37(35)46(59)48(8,64-45)62-23-18-34(61-9)27(3)44(63-31(7)53)29(5)40(55)28(4)39(25)54/h13-15,18,23-25,27-29,32,34,39-40,44,54-58H,10-12,16-17,19-22H2,1-9H3,(H,50,60)/b14-13+,23-18+,26-15-,49-24+/t25-,27-,28-,29-,34+,39+,40+,44-,48+/m1/s1. The molecule has 5 bridgehead atoms. The van der Waals surface area contributed by atoms with Crippen LogP contribution < -0.4 is 10.1 Å². The molecule has 350 valence electrons. The van der Waals surface area contributed by atoms with Gasteiger partial charge in [-0.25, -0.2) is 0 Å². The van der Waals surface area contributed by atoms with Gasteiger partial charge in [-0.3, -0.25) is 19.4 Å². The number of aliphatic hydroxyl groups excluding tert-OH is 2.